The SMILES string of the molecule is O=C1NC(=O)N(c2cccc([N+](=O)[O-])c2)C(=O)/C1=C/c1cc(Cl)ccc1Oc1ccc(C(F)(F)F)cc1[N+](=O)[O-]. The summed E-state index contributed by atoms with van der Waals surface area (Å²) in [6.07, 6.45) is -3.93. The van der Waals surface area contributed by atoms with Crippen molar-refractivity contribution >= 4 is 52.6 Å². The lowest BCUT2D eigenvalue weighted by atomic mass is 10.1. The Morgan fingerprint density at radius 2 is 1.62 bits per heavy atom. The third-order valence-corrected chi connectivity index (χ3v) is 5.61. The van der Waals surface area contributed by atoms with E-state index in [0.717, 1.165) is 24.3 Å². The molecule has 4 rings (SSSR count). The van der Waals surface area contributed by atoms with Crippen molar-refractivity contribution in [2.24, 2.45) is 0 Å². The van der Waals surface area contributed by atoms with Crippen molar-refractivity contribution < 1.29 is 42.1 Å². The Hall–Kier alpha value is -5.31. The highest BCUT2D eigenvalue weighted by atomic mass is 35.5. The molecule has 3 aromatic rings. The van der Waals surface area contributed by atoms with E-state index in [-0.39, 0.29) is 28.1 Å². The molecule has 1 saturated heterocycles. The molecule has 12 nitrogen and oxygen atoms in total. The Morgan fingerprint density at radius 3 is 2.27 bits per heavy atom. The smallest absolute Gasteiger partial charge is 0.416 e. The van der Waals surface area contributed by atoms with Crippen LogP contribution < -0.4 is 15.0 Å². The van der Waals surface area contributed by atoms with Crippen molar-refractivity contribution in [1.82, 2.24) is 5.32 Å². The highest BCUT2D eigenvalue weighted by Gasteiger charge is 2.38. The zero-order valence-electron chi connectivity index (χ0n) is 19.5. The molecule has 3 aromatic carbocycles. The number of nitrogens with one attached hydrogen (secondary N) is 1. The van der Waals surface area contributed by atoms with Crippen molar-refractivity contribution in [1.29, 1.82) is 0 Å². The zero-order valence-corrected chi connectivity index (χ0v) is 20.2. The second-order valence-corrected chi connectivity index (χ2v) is 8.39. The molecule has 1 fully saturated rings. The quantitative estimate of drug-likeness (QED) is 0.171. The molecule has 0 spiro atoms. The molecule has 1 heterocycles. The Balaban J connectivity index is 1.77. The molecule has 0 radical (unpaired) electrons. The summed E-state index contributed by atoms with van der Waals surface area (Å²) < 4.78 is 44.7. The summed E-state index contributed by atoms with van der Waals surface area (Å²) in [5.74, 6) is -3.17. The fourth-order valence-corrected chi connectivity index (χ4v) is 3.74. The van der Waals surface area contributed by atoms with Gasteiger partial charge in [-0.2, -0.15) is 13.2 Å². The van der Waals surface area contributed by atoms with Crippen LogP contribution in [-0.2, 0) is 15.8 Å². The Labute approximate surface area is 225 Å². The molecule has 1 aliphatic heterocycles. The van der Waals surface area contributed by atoms with Crippen LogP contribution in [0, 0.1) is 20.2 Å². The molecule has 0 aromatic heterocycles. The summed E-state index contributed by atoms with van der Waals surface area (Å²) in [6.45, 7) is 0. The molecule has 4 amide bonds. The predicted octanol–water partition coefficient (Wildman–Crippen LogP) is 5.63. The Morgan fingerprint density at radius 1 is 0.925 bits per heavy atom. The van der Waals surface area contributed by atoms with Gasteiger partial charge in [-0.3, -0.25) is 35.1 Å². The first-order chi connectivity index (χ1) is 18.8. The fraction of sp³-hybridized carbons (Fsp3) is 0.0417. The highest BCUT2D eigenvalue weighted by Crippen LogP contribution is 2.39. The lowest BCUT2D eigenvalue weighted by Gasteiger charge is -2.26. The van der Waals surface area contributed by atoms with Crippen molar-refractivity contribution in [2.45, 2.75) is 6.18 Å². The van der Waals surface area contributed by atoms with Gasteiger partial charge in [0.15, 0.2) is 0 Å². The van der Waals surface area contributed by atoms with E-state index in [4.69, 9.17) is 16.3 Å². The molecular formula is C24H12ClF3N4O8. The van der Waals surface area contributed by atoms with Gasteiger partial charge in [0.05, 0.1) is 21.1 Å². The van der Waals surface area contributed by atoms with Gasteiger partial charge in [0.1, 0.15) is 11.3 Å². The van der Waals surface area contributed by atoms with E-state index < -0.39 is 62.1 Å². The number of urea groups is 1. The molecule has 1 N–H and O–H groups in total. The summed E-state index contributed by atoms with van der Waals surface area (Å²) in [5.41, 5.74) is -3.74. The minimum Gasteiger partial charge on any atom is -0.449 e. The van der Waals surface area contributed by atoms with Gasteiger partial charge in [0.2, 0.25) is 5.75 Å². The van der Waals surface area contributed by atoms with Crippen LogP contribution in [0.4, 0.5) is 35.0 Å². The molecule has 0 atom stereocenters. The third kappa shape index (κ3) is 5.58. The van der Waals surface area contributed by atoms with Gasteiger partial charge in [-0.15, -0.1) is 0 Å². The van der Waals surface area contributed by atoms with Gasteiger partial charge in [0, 0.05) is 28.8 Å². The molecule has 0 bridgehead atoms. The molecule has 40 heavy (non-hydrogen) atoms. The second kappa shape index (κ2) is 10.5. The predicted molar refractivity (Wildman–Crippen MR) is 132 cm³/mol. The molecule has 0 unspecified atom stereocenters. The minimum absolute atomic E-state index is 0.0522. The standard InChI is InChI=1S/C24H12ClF3N4O8/c25-14-5-7-19(40-20-6-4-13(24(26,27)28)10-18(20)32(38)39)12(8-14)9-17-21(33)29-23(35)30(22(17)34)15-2-1-3-16(11-15)31(36)37/h1-11H,(H,29,33,35)/b17-9+. The van der Waals surface area contributed by atoms with Gasteiger partial charge in [-0.1, -0.05) is 17.7 Å². The number of nitro benzene ring substituents is 2. The van der Waals surface area contributed by atoms with Crippen LogP contribution in [0.5, 0.6) is 11.5 Å². The normalized spacial score (nSPS) is 14.8. The maximum Gasteiger partial charge on any atom is 0.416 e. The van der Waals surface area contributed by atoms with Crippen LogP contribution in [0.3, 0.4) is 0 Å². The number of barbiturate groups is 1. The van der Waals surface area contributed by atoms with Crippen LogP contribution in [-0.4, -0.2) is 27.7 Å². The van der Waals surface area contributed by atoms with E-state index in [9.17, 15) is 47.8 Å². The number of ether oxygens (including phenoxy) is 1. The van der Waals surface area contributed by atoms with Crippen LogP contribution in [0.2, 0.25) is 5.02 Å². The summed E-state index contributed by atoms with van der Waals surface area (Å²) in [7, 11) is 0. The highest BCUT2D eigenvalue weighted by molar-refractivity contribution is 6.39. The van der Waals surface area contributed by atoms with Crippen molar-refractivity contribution in [3.05, 3.63) is 103 Å². The lowest BCUT2D eigenvalue weighted by Crippen LogP contribution is -2.54. The molecule has 1 aliphatic rings. The molecule has 0 aliphatic carbocycles. The van der Waals surface area contributed by atoms with Crippen LogP contribution in [0.25, 0.3) is 6.08 Å². The van der Waals surface area contributed by atoms with E-state index in [2.05, 4.69) is 0 Å². The van der Waals surface area contributed by atoms with Crippen molar-refractivity contribution in [2.75, 3.05) is 4.90 Å². The number of alkyl halides is 3. The number of non-ortho nitro benzene ring substituents is 1. The van der Waals surface area contributed by atoms with E-state index in [1.54, 1.807) is 0 Å². The number of imide groups is 2. The van der Waals surface area contributed by atoms with Gasteiger partial charge >= 0.3 is 17.9 Å². The number of halogens is 4. The van der Waals surface area contributed by atoms with Crippen molar-refractivity contribution in [3.8, 4) is 11.5 Å². The Kier molecular flexibility index (Phi) is 7.24. The van der Waals surface area contributed by atoms with E-state index in [1.165, 1.54) is 30.3 Å². The average molecular weight is 577 g/mol. The number of amides is 4. The molecular weight excluding hydrogens is 565 g/mol. The summed E-state index contributed by atoms with van der Waals surface area (Å²) in [5, 5.41) is 24.5. The number of anilines is 1. The maximum atomic E-state index is 13.2. The number of benzene rings is 3. The number of hydrogen-bond acceptors (Lipinski definition) is 8. The largest absolute Gasteiger partial charge is 0.449 e. The lowest BCUT2D eigenvalue weighted by molar-refractivity contribution is -0.385. The zero-order chi connectivity index (χ0) is 29.4. The first-order valence-corrected chi connectivity index (χ1v) is 11.1. The number of hydrogen-bond donors (Lipinski definition) is 1. The first kappa shape index (κ1) is 27.7. The maximum absolute atomic E-state index is 13.2. The van der Waals surface area contributed by atoms with E-state index in [1.807, 2.05) is 5.32 Å². The van der Waals surface area contributed by atoms with E-state index in [0.29, 0.717) is 11.0 Å². The summed E-state index contributed by atoms with van der Waals surface area (Å²) in [6, 6.07) is 8.53. The molecule has 16 heteroatoms. The van der Waals surface area contributed by atoms with Crippen molar-refractivity contribution in [3.63, 3.8) is 0 Å². The van der Waals surface area contributed by atoms with Gasteiger partial charge in [-0.05, 0) is 42.5 Å². The Bertz CT molecular complexity index is 1640. The average Bonchev–Trinajstić information content (AvgIpc) is 2.87. The van der Waals surface area contributed by atoms with Crippen LogP contribution in [0.15, 0.2) is 66.2 Å². The van der Waals surface area contributed by atoms with Crippen LogP contribution >= 0.6 is 11.6 Å². The topological polar surface area (TPSA) is 162 Å². The van der Waals surface area contributed by atoms with Gasteiger partial charge < -0.3 is 4.74 Å². The summed E-state index contributed by atoms with van der Waals surface area (Å²) >= 11 is 6.03. The fourth-order valence-electron chi connectivity index (χ4n) is 3.56. The minimum atomic E-state index is -4.86. The number of nitro groups is 2. The van der Waals surface area contributed by atoms with Crippen LogP contribution in [0.1, 0.15) is 11.1 Å². The number of carbonyl (C=O) groups is 3. The summed E-state index contributed by atoms with van der Waals surface area (Å²) in [4.78, 5) is 59.4. The second-order valence-electron chi connectivity index (χ2n) is 7.96. The van der Waals surface area contributed by atoms with Gasteiger partial charge in [0.25, 0.3) is 17.5 Å². The number of carbonyl (C=O) groups excluding carboxylic acids is 3. The van der Waals surface area contributed by atoms with E-state index >= 15 is 0 Å². The monoisotopic (exact) mass is 576 g/mol. The first-order valence-electron chi connectivity index (χ1n) is 10.7. The number of nitrogens with zero attached hydrogens (tertiary/aromatic N) is 3. The number of rotatable bonds is 6. The molecule has 0 saturated carbocycles. The van der Waals surface area contributed by atoms with Gasteiger partial charge in [-0.25, -0.2) is 9.69 Å². The third-order valence-electron chi connectivity index (χ3n) is 5.37. The molecule has 204 valence electrons.